The fourth-order valence-corrected chi connectivity index (χ4v) is 4.93. The summed E-state index contributed by atoms with van der Waals surface area (Å²) in [5.74, 6) is 0.192. The molecule has 0 N–H and O–H groups in total. The van der Waals surface area contributed by atoms with E-state index in [1.54, 1.807) is 6.07 Å². The van der Waals surface area contributed by atoms with Gasteiger partial charge >= 0.3 is 12.1 Å². The van der Waals surface area contributed by atoms with Crippen molar-refractivity contribution >= 4 is 11.7 Å². The monoisotopic (exact) mass is 474 g/mol. The second kappa shape index (κ2) is 10.4. The first kappa shape index (κ1) is 24.6. The van der Waals surface area contributed by atoms with Gasteiger partial charge in [0.25, 0.3) is 0 Å². The molecule has 0 aromatic heterocycles. The van der Waals surface area contributed by atoms with Gasteiger partial charge in [-0.25, -0.2) is 0 Å². The van der Waals surface area contributed by atoms with Gasteiger partial charge in [0.05, 0.1) is 11.5 Å². The van der Waals surface area contributed by atoms with Gasteiger partial charge in [0, 0.05) is 38.4 Å². The van der Waals surface area contributed by atoms with Gasteiger partial charge in [0.2, 0.25) is 0 Å². The minimum absolute atomic E-state index is 0.215. The van der Waals surface area contributed by atoms with Crippen LogP contribution in [0.25, 0.3) is 0 Å². The molecule has 0 radical (unpaired) electrons. The van der Waals surface area contributed by atoms with Gasteiger partial charge in [0.15, 0.2) is 0 Å². The van der Waals surface area contributed by atoms with Crippen LogP contribution in [0.5, 0.6) is 0 Å². The van der Waals surface area contributed by atoms with E-state index in [-0.39, 0.29) is 11.9 Å². The predicted octanol–water partition coefficient (Wildman–Crippen LogP) is 5.30. The van der Waals surface area contributed by atoms with Crippen molar-refractivity contribution in [1.82, 2.24) is 4.90 Å². The van der Waals surface area contributed by atoms with E-state index in [1.807, 2.05) is 11.8 Å². The summed E-state index contributed by atoms with van der Waals surface area (Å²) in [5, 5.41) is 0. The van der Waals surface area contributed by atoms with Crippen molar-refractivity contribution in [1.29, 1.82) is 0 Å². The zero-order chi connectivity index (χ0) is 24.3. The summed E-state index contributed by atoms with van der Waals surface area (Å²) in [5.41, 5.74) is 3.75. The van der Waals surface area contributed by atoms with Crippen LogP contribution in [-0.4, -0.2) is 50.2 Å². The SMILES string of the molecule is CCC1Cc2ccc(C(C)C(=O)OCCN3CCN(c4cccc(C(F)(F)F)c4)CC3)cc2C1. The van der Waals surface area contributed by atoms with Crippen molar-refractivity contribution in [2.24, 2.45) is 5.92 Å². The minimum atomic E-state index is -4.34. The van der Waals surface area contributed by atoms with Crippen LogP contribution in [0.15, 0.2) is 42.5 Å². The number of benzene rings is 2. The number of esters is 1. The summed E-state index contributed by atoms with van der Waals surface area (Å²) in [6.07, 6.45) is -0.938. The molecular weight excluding hydrogens is 441 g/mol. The number of nitrogens with zero attached hydrogens (tertiary/aromatic N) is 2. The zero-order valence-electron chi connectivity index (χ0n) is 19.9. The van der Waals surface area contributed by atoms with Gasteiger partial charge < -0.3 is 9.64 Å². The predicted molar refractivity (Wildman–Crippen MR) is 127 cm³/mol. The fraction of sp³-hybridized carbons (Fsp3) is 0.519. The number of anilines is 1. The Morgan fingerprint density at radius 1 is 1.06 bits per heavy atom. The highest BCUT2D eigenvalue weighted by Crippen LogP contribution is 2.33. The molecule has 4 nitrogen and oxygen atoms in total. The number of carbonyl (C=O) groups excluding carboxylic acids is 1. The third-order valence-electron chi connectivity index (χ3n) is 7.24. The molecule has 0 spiro atoms. The average Bonchev–Trinajstić information content (AvgIpc) is 3.26. The van der Waals surface area contributed by atoms with E-state index in [4.69, 9.17) is 4.74 Å². The molecule has 2 aromatic rings. The van der Waals surface area contributed by atoms with Gasteiger partial charge in [-0.3, -0.25) is 9.69 Å². The number of carbonyl (C=O) groups is 1. The Morgan fingerprint density at radius 2 is 1.79 bits per heavy atom. The summed E-state index contributed by atoms with van der Waals surface area (Å²) in [6, 6.07) is 11.9. The van der Waals surface area contributed by atoms with Crippen LogP contribution < -0.4 is 4.90 Å². The maximum absolute atomic E-state index is 13.0. The van der Waals surface area contributed by atoms with E-state index in [2.05, 4.69) is 30.0 Å². The Hall–Kier alpha value is -2.54. The molecule has 0 bridgehead atoms. The van der Waals surface area contributed by atoms with E-state index in [1.165, 1.54) is 29.7 Å². The number of fused-ring (bicyclic) bond motifs is 1. The number of hydrogen-bond donors (Lipinski definition) is 0. The van der Waals surface area contributed by atoms with E-state index in [0.717, 1.165) is 24.5 Å². The van der Waals surface area contributed by atoms with Crippen LogP contribution in [0.1, 0.15) is 48.4 Å². The highest BCUT2D eigenvalue weighted by Gasteiger charge is 2.31. The van der Waals surface area contributed by atoms with Crippen LogP contribution >= 0.6 is 0 Å². The molecule has 2 aliphatic rings. The third-order valence-corrected chi connectivity index (χ3v) is 7.24. The lowest BCUT2D eigenvalue weighted by atomic mass is 9.97. The second-order valence-electron chi connectivity index (χ2n) is 9.48. The lowest BCUT2D eigenvalue weighted by Crippen LogP contribution is -2.47. The number of alkyl halides is 3. The molecule has 184 valence electrons. The van der Waals surface area contributed by atoms with Gasteiger partial charge in [-0.2, -0.15) is 13.2 Å². The zero-order valence-corrected chi connectivity index (χ0v) is 19.9. The van der Waals surface area contributed by atoms with Crippen molar-refractivity contribution in [3.8, 4) is 0 Å². The standard InChI is InChI=1S/C27H33F3N2O2/c1-3-20-15-22-8-7-21(17-23(22)16-20)19(2)26(33)34-14-13-31-9-11-32(12-10-31)25-6-4-5-24(18-25)27(28,29)30/h4-8,17-20H,3,9-16H2,1-2H3. The Bertz CT molecular complexity index is 1000. The normalized spacial score (nSPS) is 19.7. The summed E-state index contributed by atoms with van der Waals surface area (Å²) >= 11 is 0. The molecule has 2 unspecified atom stereocenters. The molecule has 1 aliphatic carbocycles. The van der Waals surface area contributed by atoms with Crippen molar-refractivity contribution in [2.75, 3.05) is 44.2 Å². The first-order chi connectivity index (χ1) is 16.2. The Kier molecular flexibility index (Phi) is 7.51. The van der Waals surface area contributed by atoms with E-state index >= 15 is 0 Å². The number of piperazine rings is 1. The van der Waals surface area contributed by atoms with Crippen molar-refractivity contribution in [3.63, 3.8) is 0 Å². The van der Waals surface area contributed by atoms with E-state index in [9.17, 15) is 18.0 Å². The van der Waals surface area contributed by atoms with Gasteiger partial charge in [0.1, 0.15) is 6.61 Å². The Morgan fingerprint density at radius 3 is 2.50 bits per heavy atom. The molecule has 0 amide bonds. The minimum Gasteiger partial charge on any atom is -0.464 e. The molecule has 4 rings (SSSR count). The van der Waals surface area contributed by atoms with E-state index in [0.29, 0.717) is 50.9 Å². The van der Waals surface area contributed by atoms with E-state index < -0.39 is 11.7 Å². The lowest BCUT2D eigenvalue weighted by molar-refractivity contribution is -0.145. The fourth-order valence-electron chi connectivity index (χ4n) is 4.93. The summed E-state index contributed by atoms with van der Waals surface area (Å²) in [7, 11) is 0. The third kappa shape index (κ3) is 5.74. The topological polar surface area (TPSA) is 32.8 Å². The van der Waals surface area contributed by atoms with Crippen molar-refractivity contribution < 1.29 is 22.7 Å². The van der Waals surface area contributed by atoms with Crippen molar-refractivity contribution in [2.45, 2.75) is 45.2 Å². The molecule has 7 heteroatoms. The first-order valence-electron chi connectivity index (χ1n) is 12.2. The van der Waals surface area contributed by atoms with Crippen molar-refractivity contribution in [3.05, 3.63) is 64.7 Å². The average molecular weight is 475 g/mol. The number of halogens is 3. The van der Waals surface area contributed by atoms with Crippen LogP contribution in [-0.2, 0) is 28.5 Å². The van der Waals surface area contributed by atoms with Crippen LogP contribution in [0.4, 0.5) is 18.9 Å². The highest BCUT2D eigenvalue weighted by molar-refractivity contribution is 5.77. The quantitative estimate of drug-likeness (QED) is 0.510. The Labute approximate surface area is 199 Å². The lowest BCUT2D eigenvalue weighted by Gasteiger charge is -2.36. The van der Waals surface area contributed by atoms with Gasteiger partial charge in [-0.15, -0.1) is 0 Å². The molecule has 34 heavy (non-hydrogen) atoms. The molecule has 1 heterocycles. The van der Waals surface area contributed by atoms with Gasteiger partial charge in [-0.1, -0.05) is 37.6 Å². The second-order valence-corrected chi connectivity index (χ2v) is 9.48. The summed E-state index contributed by atoms with van der Waals surface area (Å²) < 4.78 is 44.5. The largest absolute Gasteiger partial charge is 0.464 e. The van der Waals surface area contributed by atoms with Crippen LogP contribution in [0.2, 0.25) is 0 Å². The number of hydrogen-bond acceptors (Lipinski definition) is 4. The molecular formula is C27H33F3N2O2. The molecule has 1 fully saturated rings. The maximum atomic E-state index is 13.0. The smallest absolute Gasteiger partial charge is 0.416 e. The molecule has 1 saturated heterocycles. The molecule has 2 atom stereocenters. The molecule has 0 saturated carbocycles. The first-order valence-corrected chi connectivity index (χ1v) is 12.2. The number of rotatable bonds is 7. The van der Waals surface area contributed by atoms with Crippen LogP contribution in [0.3, 0.4) is 0 Å². The summed E-state index contributed by atoms with van der Waals surface area (Å²) in [4.78, 5) is 16.8. The Balaban J connectivity index is 1.22. The maximum Gasteiger partial charge on any atom is 0.416 e. The van der Waals surface area contributed by atoms with Gasteiger partial charge in [-0.05, 0) is 60.6 Å². The number of ether oxygens (including phenoxy) is 1. The highest BCUT2D eigenvalue weighted by atomic mass is 19.4. The molecule has 2 aromatic carbocycles. The summed E-state index contributed by atoms with van der Waals surface area (Å²) in [6.45, 7) is 7.76. The molecule has 1 aliphatic heterocycles. The van der Waals surface area contributed by atoms with Crippen LogP contribution in [0, 0.1) is 5.92 Å².